The number of fused-ring (bicyclic) bond motifs is 4. The smallest absolute Gasteiger partial charge is 0.214 e. The quantitative estimate of drug-likeness (QED) is 0.792. The number of nitrogens with zero attached hydrogens (tertiary/aromatic N) is 2. The number of halogens is 1. The molecule has 5 nitrogen and oxygen atoms in total. The summed E-state index contributed by atoms with van der Waals surface area (Å²) in [5.41, 5.74) is 2.47. The van der Waals surface area contributed by atoms with Crippen LogP contribution in [0.4, 0.5) is 0 Å². The molecule has 2 saturated heterocycles. The molecule has 0 unspecified atom stereocenters. The zero-order chi connectivity index (χ0) is 18.3. The topological polar surface area (TPSA) is 60.9 Å². The largest absolute Gasteiger partial charge is 0.508 e. The minimum atomic E-state index is -3.25. The summed E-state index contributed by atoms with van der Waals surface area (Å²) in [6.07, 6.45) is 4.37. The van der Waals surface area contributed by atoms with E-state index in [9.17, 15) is 13.5 Å². The number of aromatic hydroxyl groups is 1. The van der Waals surface area contributed by atoms with Crippen molar-refractivity contribution in [3.63, 3.8) is 0 Å². The molecule has 7 heteroatoms. The van der Waals surface area contributed by atoms with Gasteiger partial charge in [0.1, 0.15) is 5.75 Å². The Morgan fingerprint density at radius 1 is 1.27 bits per heavy atom. The Morgan fingerprint density at radius 2 is 2.12 bits per heavy atom. The van der Waals surface area contributed by atoms with Gasteiger partial charge in [0.25, 0.3) is 0 Å². The number of piperidine rings is 2. The van der Waals surface area contributed by atoms with Crippen LogP contribution >= 0.6 is 11.6 Å². The molecule has 0 saturated carbocycles. The average Bonchev–Trinajstić information content (AvgIpc) is 2.64. The van der Waals surface area contributed by atoms with E-state index in [-0.39, 0.29) is 17.8 Å². The molecule has 2 fully saturated rings. The van der Waals surface area contributed by atoms with Crippen LogP contribution in [0.3, 0.4) is 0 Å². The third-order valence-electron chi connectivity index (χ3n) is 6.29. The van der Waals surface area contributed by atoms with E-state index in [4.69, 9.17) is 11.6 Å². The van der Waals surface area contributed by atoms with Crippen molar-refractivity contribution in [1.29, 1.82) is 0 Å². The van der Waals surface area contributed by atoms with Crippen LogP contribution in [0.15, 0.2) is 18.2 Å². The maximum Gasteiger partial charge on any atom is 0.214 e. The van der Waals surface area contributed by atoms with Crippen LogP contribution in [0.2, 0.25) is 0 Å². The van der Waals surface area contributed by atoms with Crippen LogP contribution in [0.25, 0.3) is 0 Å². The fourth-order valence-electron chi connectivity index (χ4n) is 5.10. The van der Waals surface area contributed by atoms with E-state index >= 15 is 0 Å². The molecule has 0 amide bonds. The van der Waals surface area contributed by atoms with E-state index in [1.165, 1.54) is 11.1 Å². The van der Waals surface area contributed by atoms with Gasteiger partial charge in [0.2, 0.25) is 10.0 Å². The number of alkyl halides is 1. The zero-order valence-electron chi connectivity index (χ0n) is 15.0. The Balaban J connectivity index is 1.61. The van der Waals surface area contributed by atoms with Gasteiger partial charge in [-0.15, -0.1) is 11.6 Å². The highest BCUT2D eigenvalue weighted by molar-refractivity contribution is 7.89. The van der Waals surface area contributed by atoms with Gasteiger partial charge in [-0.05, 0) is 61.3 Å². The molecule has 0 radical (unpaired) electrons. The molecule has 1 N–H and O–H groups in total. The van der Waals surface area contributed by atoms with Gasteiger partial charge < -0.3 is 5.11 Å². The van der Waals surface area contributed by atoms with Crippen molar-refractivity contribution < 1.29 is 13.5 Å². The van der Waals surface area contributed by atoms with Gasteiger partial charge in [-0.25, -0.2) is 8.42 Å². The van der Waals surface area contributed by atoms with Crippen LogP contribution in [-0.4, -0.2) is 60.0 Å². The SMILES string of the molecule is O=S(=O)(CCCCl)N1CCC[C@H]2CN3CCc4cc(O)ccc4[C@@H]3C[C@H]21. The molecule has 3 aliphatic rings. The minimum Gasteiger partial charge on any atom is -0.508 e. The number of phenols is 1. The summed E-state index contributed by atoms with van der Waals surface area (Å²) in [4.78, 5) is 2.52. The third-order valence-corrected chi connectivity index (χ3v) is 8.53. The second-order valence-electron chi connectivity index (χ2n) is 7.82. The second-order valence-corrected chi connectivity index (χ2v) is 10.2. The number of hydrogen-bond donors (Lipinski definition) is 1. The molecule has 3 aliphatic heterocycles. The van der Waals surface area contributed by atoms with Crippen molar-refractivity contribution in [2.24, 2.45) is 5.92 Å². The van der Waals surface area contributed by atoms with E-state index in [1.807, 2.05) is 12.1 Å². The van der Waals surface area contributed by atoms with Crippen LogP contribution in [-0.2, 0) is 16.4 Å². The summed E-state index contributed by atoms with van der Waals surface area (Å²) >= 11 is 5.73. The molecule has 3 atom stereocenters. The van der Waals surface area contributed by atoms with Gasteiger partial charge in [-0.2, -0.15) is 4.31 Å². The van der Waals surface area contributed by atoms with Crippen LogP contribution in [0.1, 0.15) is 42.9 Å². The number of rotatable bonds is 4. The highest BCUT2D eigenvalue weighted by atomic mass is 35.5. The molecular weight excluding hydrogens is 372 g/mol. The zero-order valence-corrected chi connectivity index (χ0v) is 16.6. The van der Waals surface area contributed by atoms with Crippen LogP contribution < -0.4 is 0 Å². The Kier molecular flexibility index (Phi) is 5.21. The lowest BCUT2D eigenvalue weighted by atomic mass is 9.77. The normalized spacial score (nSPS) is 29.7. The van der Waals surface area contributed by atoms with Gasteiger partial charge in [-0.1, -0.05) is 6.07 Å². The van der Waals surface area contributed by atoms with Crippen molar-refractivity contribution in [2.45, 2.75) is 44.2 Å². The highest BCUT2D eigenvalue weighted by Gasteiger charge is 2.45. The monoisotopic (exact) mass is 398 g/mol. The molecule has 0 spiro atoms. The molecule has 144 valence electrons. The molecule has 1 aromatic carbocycles. The van der Waals surface area contributed by atoms with Gasteiger partial charge >= 0.3 is 0 Å². The highest BCUT2D eigenvalue weighted by Crippen LogP contribution is 2.44. The van der Waals surface area contributed by atoms with E-state index in [2.05, 4.69) is 4.90 Å². The van der Waals surface area contributed by atoms with Crippen molar-refractivity contribution in [3.05, 3.63) is 29.3 Å². The summed E-state index contributed by atoms with van der Waals surface area (Å²) in [6, 6.07) is 5.99. The summed E-state index contributed by atoms with van der Waals surface area (Å²) in [7, 11) is -3.25. The third kappa shape index (κ3) is 3.37. The second kappa shape index (κ2) is 7.30. The maximum absolute atomic E-state index is 12.9. The van der Waals surface area contributed by atoms with Gasteiger partial charge in [0.15, 0.2) is 0 Å². The lowest BCUT2D eigenvalue weighted by Crippen LogP contribution is -2.57. The summed E-state index contributed by atoms with van der Waals surface area (Å²) in [5.74, 6) is 1.27. The first-order valence-corrected chi connectivity index (χ1v) is 11.8. The van der Waals surface area contributed by atoms with E-state index < -0.39 is 10.0 Å². The molecule has 4 rings (SSSR count). The molecular formula is C19H27ClN2O3S. The van der Waals surface area contributed by atoms with E-state index in [1.54, 1.807) is 10.4 Å². The molecule has 26 heavy (non-hydrogen) atoms. The predicted octanol–water partition coefficient (Wildman–Crippen LogP) is 2.73. The summed E-state index contributed by atoms with van der Waals surface area (Å²) in [5, 5.41) is 9.79. The predicted molar refractivity (Wildman–Crippen MR) is 103 cm³/mol. The minimum absolute atomic E-state index is 0.0880. The fraction of sp³-hybridized carbons (Fsp3) is 0.684. The van der Waals surface area contributed by atoms with Gasteiger partial charge in [0.05, 0.1) is 5.75 Å². The van der Waals surface area contributed by atoms with Gasteiger partial charge in [0, 0.05) is 37.6 Å². The van der Waals surface area contributed by atoms with E-state index in [0.29, 0.717) is 30.5 Å². The van der Waals surface area contributed by atoms with Crippen molar-refractivity contribution >= 4 is 21.6 Å². The van der Waals surface area contributed by atoms with Crippen LogP contribution in [0, 0.1) is 5.92 Å². The van der Waals surface area contributed by atoms with Crippen molar-refractivity contribution in [3.8, 4) is 5.75 Å². The lowest BCUT2D eigenvalue weighted by molar-refractivity contribution is 0.0220. The molecule has 0 aliphatic carbocycles. The Morgan fingerprint density at radius 3 is 2.92 bits per heavy atom. The maximum atomic E-state index is 12.9. The molecule has 3 heterocycles. The van der Waals surface area contributed by atoms with E-state index in [0.717, 1.165) is 38.8 Å². The number of hydrogen-bond acceptors (Lipinski definition) is 4. The molecule has 0 aromatic heterocycles. The van der Waals surface area contributed by atoms with Crippen molar-refractivity contribution in [1.82, 2.24) is 9.21 Å². The number of sulfonamides is 1. The lowest BCUT2D eigenvalue weighted by Gasteiger charge is -2.51. The van der Waals surface area contributed by atoms with Crippen LogP contribution in [0.5, 0.6) is 5.75 Å². The Labute approximate surface area is 161 Å². The Bertz CT molecular complexity index is 770. The summed E-state index contributed by atoms with van der Waals surface area (Å²) < 4.78 is 27.5. The fourth-order valence-corrected chi connectivity index (χ4v) is 7.21. The van der Waals surface area contributed by atoms with Gasteiger partial charge in [-0.3, -0.25) is 4.90 Å². The first kappa shape index (κ1) is 18.5. The summed E-state index contributed by atoms with van der Waals surface area (Å²) in [6.45, 7) is 2.60. The molecule has 0 bridgehead atoms. The Hall–Kier alpha value is -0.820. The number of phenolic OH excluding ortho intramolecular Hbond substituents is 1. The first-order chi connectivity index (χ1) is 12.5. The first-order valence-electron chi connectivity index (χ1n) is 9.61. The number of benzene rings is 1. The standard InChI is InChI=1S/C19H27ClN2O3S/c20-7-2-10-26(24,25)22-8-1-3-15-13-21-9-6-14-11-16(23)4-5-17(14)19(21)12-18(15)22/h4-5,11,15,18-19,23H,1-3,6-10,12-13H2/t15-,18+,19-/m0/s1. The molecule has 1 aromatic rings. The van der Waals surface area contributed by atoms with Crippen molar-refractivity contribution in [2.75, 3.05) is 31.3 Å². The average molecular weight is 399 g/mol.